The summed E-state index contributed by atoms with van der Waals surface area (Å²) in [5, 5.41) is 2.61. The highest BCUT2D eigenvalue weighted by Gasteiger charge is 2.11. The summed E-state index contributed by atoms with van der Waals surface area (Å²) in [5.41, 5.74) is 1.51. The number of nitrogens with one attached hydrogen (secondary N) is 1. The molecular formula is C18H20FNO2. The molecule has 2 rings (SSSR count). The molecule has 116 valence electrons. The minimum Gasteiger partial charge on any atom is -0.483 e. The highest BCUT2D eigenvalue weighted by molar-refractivity contribution is 5.91. The van der Waals surface area contributed by atoms with Gasteiger partial charge >= 0.3 is 0 Å². The third kappa shape index (κ3) is 4.32. The molecule has 2 aromatic rings. The van der Waals surface area contributed by atoms with Crippen LogP contribution in [0.4, 0.5) is 10.1 Å². The topological polar surface area (TPSA) is 38.3 Å². The molecular weight excluding hydrogens is 281 g/mol. The van der Waals surface area contributed by atoms with Crippen LogP contribution in [0.5, 0.6) is 5.75 Å². The lowest BCUT2D eigenvalue weighted by Gasteiger charge is -2.15. The van der Waals surface area contributed by atoms with Gasteiger partial charge in [0, 0.05) is 5.69 Å². The van der Waals surface area contributed by atoms with Crippen LogP contribution in [-0.2, 0) is 4.79 Å². The zero-order chi connectivity index (χ0) is 15.9. The summed E-state index contributed by atoms with van der Waals surface area (Å²) < 4.78 is 18.7. The van der Waals surface area contributed by atoms with Gasteiger partial charge in [-0.2, -0.15) is 0 Å². The molecule has 0 aliphatic rings. The molecule has 0 aliphatic heterocycles. The second-order valence-electron chi connectivity index (χ2n) is 5.19. The van der Waals surface area contributed by atoms with Crippen molar-refractivity contribution in [2.24, 2.45) is 0 Å². The summed E-state index contributed by atoms with van der Waals surface area (Å²) in [6.45, 7) is 4.12. The molecule has 0 fully saturated rings. The van der Waals surface area contributed by atoms with E-state index in [0.717, 1.165) is 12.0 Å². The van der Waals surface area contributed by atoms with Gasteiger partial charge in [0.05, 0.1) is 0 Å². The van der Waals surface area contributed by atoms with Crippen LogP contribution in [0.15, 0.2) is 48.5 Å². The molecule has 1 atom stereocenters. The average molecular weight is 301 g/mol. The Morgan fingerprint density at radius 2 is 2.00 bits per heavy atom. The van der Waals surface area contributed by atoms with E-state index in [4.69, 9.17) is 4.74 Å². The Balaban J connectivity index is 1.97. The molecule has 22 heavy (non-hydrogen) atoms. The minimum atomic E-state index is -0.388. The third-order valence-electron chi connectivity index (χ3n) is 3.53. The van der Waals surface area contributed by atoms with Crippen molar-refractivity contribution in [3.8, 4) is 5.75 Å². The van der Waals surface area contributed by atoms with Gasteiger partial charge in [-0.3, -0.25) is 4.79 Å². The van der Waals surface area contributed by atoms with E-state index in [9.17, 15) is 9.18 Å². The van der Waals surface area contributed by atoms with Gasteiger partial charge in [0.2, 0.25) is 0 Å². The molecule has 0 aromatic heterocycles. The minimum absolute atomic E-state index is 0.107. The van der Waals surface area contributed by atoms with Crippen molar-refractivity contribution in [3.05, 3.63) is 59.9 Å². The summed E-state index contributed by atoms with van der Waals surface area (Å²) in [6.07, 6.45) is 0.996. The number of carbonyl (C=O) groups is 1. The molecule has 0 bridgehead atoms. The fourth-order valence-electron chi connectivity index (χ4n) is 2.15. The highest BCUT2D eigenvalue weighted by Crippen LogP contribution is 2.28. The zero-order valence-corrected chi connectivity index (χ0v) is 12.8. The number of hydrogen-bond donors (Lipinski definition) is 1. The van der Waals surface area contributed by atoms with Gasteiger partial charge in [-0.05, 0) is 42.2 Å². The molecule has 0 aliphatic carbocycles. The molecule has 0 radical (unpaired) electrons. The average Bonchev–Trinajstić information content (AvgIpc) is 2.52. The Kier molecular flexibility index (Phi) is 5.53. The van der Waals surface area contributed by atoms with Gasteiger partial charge in [0.1, 0.15) is 11.6 Å². The van der Waals surface area contributed by atoms with Crippen LogP contribution in [0.3, 0.4) is 0 Å². The number of para-hydroxylation sites is 1. The van der Waals surface area contributed by atoms with Crippen LogP contribution in [0, 0.1) is 5.82 Å². The van der Waals surface area contributed by atoms with E-state index in [1.807, 2.05) is 24.3 Å². The number of carbonyl (C=O) groups excluding carboxylic acids is 1. The molecule has 0 saturated heterocycles. The van der Waals surface area contributed by atoms with Crippen LogP contribution in [-0.4, -0.2) is 12.5 Å². The van der Waals surface area contributed by atoms with Crippen molar-refractivity contribution in [1.29, 1.82) is 0 Å². The number of benzene rings is 2. The van der Waals surface area contributed by atoms with E-state index in [-0.39, 0.29) is 18.3 Å². The first-order chi connectivity index (χ1) is 10.6. The first-order valence-electron chi connectivity index (χ1n) is 7.37. The second kappa shape index (κ2) is 7.59. The standard InChI is InChI=1S/C18H20FNO2/c1-3-13(2)16-9-4-5-10-17(16)22-12-18(21)20-15-8-6-7-14(19)11-15/h4-11,13H,3,12H2,1-2H3,(H,20,21). The van der Waals surface area contributed by atoms with Crippen LogP contribution in [0.1, 0.15) is 31.7 Å². The SMILES string of the molecule is CCC(C)c1ccccc1OCC(=O)Nc1cccc(F)c1. The molecule has 4 heteroatoms. The molecule has 1 N–H and O–H groups in total. The third-order valence-corrected chi connectivity index (χ3v) is 3.53. The van der Waals surface area contributed by atoms with Crippen molar-refractivity contribution in [2.45, 2.75) is 26.2 Å². The zero-order valence-electron chi connectivity index (χ0n) is 12.8. The molecule has 2 aromatic carbocycles. The fraction of sp³-hybridized carbons (Fsp3) is 0.278. The van der Waals surface area contributed by atoms with Gasteiger partial charge in [-0.1, -0.05) is 38.1 Å². The first kappa shape index (κ1) is 16.0. The maximum Gasteiger partial charge on any atom is 0.262 e. The highest BCUT2D eigenvalue weighted by atomic mass is 19.1. The Morgan fingerprint density at radius 3 is 2.73 bits per heavy atom. The quantitative estimate of drug-likeness (QED) is 0.861. The normalized spacial score (nSPS) is 11.8. The summed E-state index contributed by atoms with van der Waals surface area (Å²) in [6, 6.07) is 13.5. The molecule has 0 spiro atoms. The molecule has 1 unspecified atom stereocenters. The fourth-order valence-corrected chi connectivity index (χ4v) is 2.15. The van der Waals surface area contributed by atoms with Crippen molar-refractivity contribution in [1.82, 2.24) is 0 Å². The number of amides is 1. The van der Waals surface area contributed by atoms with E-state index in [1.165, 1.54) is 12.1 Å². The van der Waals surface area contributed by atoms with E-state index < -0.39 is 0 Å². The van der Waals surface area contributed by atoms with Crippen LogP contribution in [0.25, 0.3) is 0 Å². The Labute approximate surface area is 130 Å². The molecule has 0 heterocycles. The molecule has 0 saturated carbocycles. The summed E-state index contributed by atoms with van der Waals surface area (Å²) in [4.78, 5) is 11.9. The lowest BCUT2D eigenvalue weighted by atomic mass is 9.98. The van der Waals surface area contributed by atoms with Gasteiger partial charge in [0.15, 0.2) is 6.61 Å². The van der Waals surface area contributed by atoms with Gasteiger partial charge in [0.25, 0.3) is 5.91 Å². The van der Waals surface area contributed by atoms with Gasteiger partial charge in [-0.15, -0.1) is 0 Å². The van der Waals surface area contributed by atoms with Gasteiger partial charge in [-0.25, -0.2) is 4.39 Å². The van der Waals surface area contributed by atoms with E-state index in [2.05, 4.69) is 19.2 Å². The van der Waals surface area contributed by atoms with E-state index >= 15 is 0 Å². The van der Waals surface area contributed by atoms with Crippen LogP contribution >= 0.6 is 0 Å². The Morgan fingerprint density at radius 1 is 1.23 bits per heavy atom. The summed E-state index contributed by atoms with van der Waals surface area (Å²) in [5.74, 6) is 0.374. The Bertz CT molecular complexity index is 642. The number of anilines is 1. The maximum absolute atomic E-state index is 13.1. The molecule has 1 amide bonds. The van der Waals surface area contributed by atoms with Crippen molar-refractivity contribution < 1.29 is 13.9 Å². The largest absolute Gasteiger partial charge is 0.483 e. The maximum atomic E-state index is 13.1. The predicted octanol–water partition coefficient (Wildman–Crippen LogP) is 4.36. The number of hydrogen-bond acceptors (Lipinski definition) is 2. The predicted molar refractivity (Wildman–Crippen MR) is 85.7 cm³/mol. The summed E-state index contributed by atoms with van der Waals surface area (Å²) >= 11 is 0. The monoisotopic (exact) mass is 301 g/mol. The van der Waals surface area contributed by atoms with Crippen molar-refractivity contribution >= 4 is 11.6 Å². The van der Waals surface area contributed by atoms with E-state index in [0.29, 0.717) is 17.4 Å². The second-order valence-corrected chi connectivity index (χ2v) is 5.19. The van der Waals surface area contributed by atoms with Crippen molar-refractivity contribution in [2.75, 3.05) is 11.9 Å². The lowest BCUT2D eigenvalue weighted by Crippen LogP contribution is -2.20. The smallest absolute Gasteiger partial charge is 0.262 e. The Hall–Kier alpha value is -2.36. The van der Waals surface area contributed by atoms with Crippen LogP contribution in [0.2, 0.25) is 0 Å². The first-order valence-corrected chi connectivity index (χ1v) is 7.37. The number of ether oxygens (including phenoxy) is 1. The van der Waals surface area contributed by atoms with Crippen molar-refractivity contribution in [3.63, 3.8) is 0 Å². The van der Waals surface area contributed by atoms with Gasteiger partial charge < -0.3 is 10.1 Å². The summed E-state index contributed by atoms with van der Waals surface area (Å²) in [7, 11) is 0. The molecule has 3 nitrogen and oxygen atoms in total. The van der Waals surface area contributed by atoms with E-state index in [1.54, 1.807) is 12.1 Å². The van der Waals surface area contributed by atoms with Crippen LogP contribution < -0.4 is 10.1 Å². The number of halogens is 1. The number of rotatable bonds is 6. The lowest BCUT2D eigenvalue weighted by molar-refractivity contribution is -0.118.